The number of ether oxygens (including phenoxy) is 2. The van der Waals surface area contributed by atoms with Crippen molar-refractivity contribution in [1.29, 1.82) is 0 Å². The summed E-state index contributed by atoms with van der Waals surface area (Å²) in [4.78, 5) is 33.3. The van der Waals surface area contributed by atoms with Crippen molar-refractivity contribution in [2.45, 2.75) is 33.2 Å². The minimum atomic E-state index is -0.218. The molecule has 8 nitrogen and oxygen atoms in total. The number of carbonyl (C=O) groups is 2. The van der Waals surface area contributed by atoms with Crippen LogP contribution in [0.25, 0.3) is 22.0 Å². The molecule has 0 radical (unpaired) electrons. The minimum Gasteiger partial charge on any atom is -0.380 e. The fraction of sp³-hybridized carbons (Fsp3) is 0.387. The number of hydrogen-bond acceptors (Lipinski definition) is 6. The Morgan fingerprint density at radius 3 is 2.64 bits per heavy atom. The van der Waals surface area contributed by atoms with Gasteiger partial charge in [0.15, 0.2) is 5.78 Å². The first kappa shape index (κ1) is 26.8. The van der Waals surface area contributed by atoms with Crippen LogP contribution in [-0.2, 0) is 14.3 Å². The van der Waals surface area contributed by atoms with Crippen molar-refractivity contribution in [2.24, 2.45) is 0 Å². The van der Waals surface area contributed by atoms with E-state index in [4.69, 9.17) is 14.5 Å². The van der Waals surface area contributed by atoms with Crippen LogP contribution in [0.4, 0.5) is 5.82 Å². The number of ketones is 1. The van der Waals surface area contributed by atoms with Crippen LogP contribution in [0, 0.1) is 0 Å². The minimum absolute atomic E-state index is 0.0265. The van der Waals surface area contributed by atoms with E-state index in [0.717, 1.165) is 52.1 Å². The Bertz CT molecular complexity index is 1440. The molecule has 1 fully saturated rings. The predicted octanol–water partition coefficient (Wildman–Crippen LogP) is 4.71. The van der Waals surface area contributed by atoms with E-state index in [-0.39, 0.29) is 24.3 Å². The number of Topliss-reactive ketones (excluding diaryl/α,β-unsaturated/α-hetero) is 1. The van der Waals surface area contributed by atoms with Crippen LogP contribution in [0.1, 0.15) is 43.6 Å². The van der Waals surface area contributed by atoms with E-state index in [2.05, 4.69) is 40.8 Å². The third-order valence-electron chi connectivity index (χ3n) is 7.37. The summed E-state index contributed by atoms with van der Waals surface area (Å²) in [5.74, 6) is 0.733. The molecule has 0 saturated carbocycles. The molecule has 2 aliphatic rings. The third-order valence-corrected chi connectivity index (χ3v) is 7.37. The SMILES string of the molecule is COCC1=C(CNC(=O)c2cc(-c3ccc(N4CCOCC4)nc3)cc3c2ccn3C(C)C)C(=O)CC(C)=C1. The lowest BCUT2D eigenvalue weighted by Crippen LogP contribution is -2.36. The number of nitrogens with zero attached hydrogens (tertiary/aromatic N) is 3. The van der Waals surface area contributed by atoms with Gasteiger partial charge in [-0.1, -0.05) is 11.6 Å². The molecule has 8 heteroatoms. The molecule has 0 spiro atoms. The van der Waals surface area contributed by atoms with Crippen LogP contribution >= 0.6 is 0 Å². The second-order valence-corrected chi connectivity index (χ2v) is 10.5. The molecule has 204 valence electrons. The number of nitrogens with one attached hydrogen (secondary N) is 1. The molecule has 0 unspecified atom stereocenters. The smallest absolute Gasteiger partial charge is 0.252 e. The molecule has 1 aliphatic carbocycles. The molecule has 1 amide bonds. The van der Waals surface area contributed by atoms with Crippen molar-refractivity contribution in [2.75, 3.05) is 51.5 Å². The molecular weight excluding hydrogens is 492 g/mol. The Hall–Kier alpha value is -3.75. The van der Waals surface area contributed by atoms with Crippen LogP contribution in [-0.4, -0.2) is 67.8 Å². The number of pyridine rings is 1. The Morgan fingerprint density at radius 2 is 1.95 bits per heavy atom. The highest BCUT2D eigenvalue weighted by atomic mass is 16.5. The number of anilines is 1. The third kappa shape index (κ3) is 5.67. The summed E-state index contributed by atoms with van der Waals surface area (Å²) < 4.78 is 12.9. The zero-order valence-corrected chi connectivity index (χ0v) is 23.1. The van der Waals surface area contributed by atoms with Crippen molar-refractivity contribution >= 4 is 28.4 Å². The van der Waals surface area contributed by atoms with E-state index in [1.165, 1.54) is 0 Å². The molecule has 3 aromatic rings. The maximum absolute atomic E-state index is 13.6. The number of amides is 1. The topological polar surface area (TPSA) is 85.7 Å². The highest BCUT2D eigenvalue weighted by Gasteiger charge is 2.22. The van der Waals surface area contributed by atoms with Crippen molar-refractivity contribution in [3.8, 4) is 11.1 Å². The second kappa shape index (κ2) is 11.6. The number of methoxy groups -OCH3 is 1. The molecule has 1 saturated heterocycles. The standard InChI is InChI=1S/C31H36N4O4/c1-20(2)35-8-7-25-26(31(37)33-18-27-24(19-38-4)13-21(3)14-29(27)36)15-23(16-28(25)35)22-5-6-30(32-17-22)34-9-11-39-12-10-34/h5-8,13,15-17,20H,9-12,14,18-19H2,1-4H3,(H,33,37). The number of fused-ring (bicyclic) bond motifs is 1. The Labute approximate surface area is 229 Å². The Kier molecular flexibility index (Phi) is 7.95. The Morgan fingerprint density at radius 1 is 1.15 bits per heavy atom. The summed E-state index contributed by atoms with van der Waals surface area (Å²) in [5.41, 5.74) is 5.83. The number of rotatable bonds is 8. The predicted molar refractivity (Wildman–Crippen MR) is 153 cm³/mol. The lowest BCUT2D eigenvalue weighted by Gasteiger charge is -2.27. The Balaban J connectivity index is 1.47. The van der Waals surface area contributed by atoms with Gasteiger partial charge in [0.25, 0.3) is 5.91 Å². The van der Waals surface area contributed by atoms with E-state index >= 15 is 0 Å². The number of benzene rings is 1. The number of aromatic nitrogens is 2. The summed E-state index contributed by atoms with van der Waals surface area (Å²) in [7, 11) is 1.61. The first-order valence-corrected chi connectivity index (χ1v) is 13.5. The molecule has 0 atom stereocenters. The van der Waals surface area contributed by atoms with Gasteiger partial charge in [-0.2, -0.15) is 0 Å². The molecule has 1 N–H and O–H groups in total. The molecule has 39 heavy (non-hydrogen) atoms. The fourth-order valence-electron chi connectivity index (χ4n) is 5.34. The largest absolute Gasteiger partial charge is 0.380 e. The molecular formula is C31H36N4O4. The summed E-state index contributed by atoms with van der Waals surface area (Å²) in [6, 6.07) is 10.3. The first-order valence-electron chi connectivity index (χ1n) is 13.5. The maximum Gasteiger partial charge on any atom is 0.252 e. The lowest BCUT2D eigenvalue weighted by molar-refractivity contribution is -0.115. The molecule has 2 aromatic heterocycles. The van der Waals surface area contributed by atoms with E-state index < -0.39 is 0 Å². The van der Waals surface area contributed by atoms with Gasteiger partial charge in [0, 0.05) is 79.2 Å². The van der Waals surface area contributed by atoms with Crippen LogP contribution < -0.4 is 10.2 Å². The molecule has 5 rings (SSSR count). The average molecular weight is 529 g/mol. The molecule has 1 aromatic carbocycles. The fourth-order valence-corrected chi connectivity index (χ4v) is 5.34. The van der Waals surface area contributed by atoms with Gasteiger partial charge >= 0.3 is 0 Å². The van der Waals surface area contributed by atoms with Gasteiger partial charge in [0.2, 0.25) is 0 Å². The number of allylic oxidation sites excluding steroid dienone is 1. The van der Waals surface area contributed by atoms with Crippen molar-refractivity contribution < 1.29 is 19.1 Å². The van der Waals surface area contributed by atoms with E-state index in [1.54, 1.807) is 7.11 Å². The van der Waals surface area contributed by atoms with Gasteiger partial charge in [0.1, 0.15) is 5.82 Å². The van der Waals surface area contributed by atoms with Crippen LogP contribution in [0.15, 0.2) is 65.5 Å². The zero-order chi connectivity index (χ0) is 27.5. The zero-order valence-electron chi connectivity index (χ0n) is 23.1. The summed E-state index contributed by atoms with van der Waals surface area (Å²) in [5, 5.41) is 3.89. The number of hydrogen-bond donors (Lipinski definition) is 1. The number of morpholine rings is 1. The summed E-state index contributed by atoms with van der Waals surface area (Å²) >= 11 is 0. The second-order valence-electron chi connectivity index (χ2n) is 10.5. The average Bonchev–Trinajstić information content (AvgIpc) is 3.37. The quantitative estimate of drug-likeness (QED) is 0.456. The van der Waals surface area contributed by atoms with E-state index in [9.17, 15) is 9.59 Å². The van der Waals surface area contributed by atoms with Crippen LogP contribution in [0.3, 0.4) is 0 Å². The maximum atomic E-state index is 13.6. The van der Waals surface area contributed by atoms with Gasteiger partial charge in [-0.05, 0) is 62.2 Å². The van der Waals surface area contributed by atoms with Crippen molar-refractivity contribution in [3.63, 3.8) is 0 Å². The molecule has 0 bridgehead atoms. The summed E-state index contributed by atoms with van der Waals surface area (Å²) in [6.07, 6.45) is 6.24. The van der Waals surface area contributed by atoms with E-state index in [1.807, 2.05) is 43.6 Å². The highest BCUT2D eigenvalue weighted by Crippen LogP contribution is 2.31. The normalized spacial score (nSPS) is 16.3. The van der Waals surface area contributed by atoms with Crippen LogP contribution in [0.2, 0.25) is 0 Å². The summed E-state index contributed by atoms with van der Waals surface area (Å²) in [6.45, 7) is 9.73. The molecule has 1 aliphatic heterocycles. The highest BCUT2D eigenvalue weighted by molar-refractivity contribution is 6.09. The van der Waals surface area contributed by atoms with Gasteiger partial charge in [-0.25, -0.2) is 4.98 Å². The van der Waals surface area contributed by atoms with Gasteiger partial charge in [-0.15, -0.1) is 0 Å². The van der Waals surface area contributed by atoms with Crippen molar-refractivity contribution in [3.05, 3.63) is 71.1 Å². The molecule has 3 heterocycles. The monoisotopic (exact) mass is 528 g/mol. The van der Waals surface area contributed by atoms with Crippen molar-refractivity contribution in [1.82, 2.24) is 14.9 Å². The van der Waals surface area contributed by atoms with E-state index in [0.29, 0.717) is 37.4 Å². The first-order chi connectivity index (χ1) is 18.9. The number of carbonyl (C=O) groups excluding carboxylic acids is 2. The van der Waals surface area contributed by atoms with Crippen LogP contribution in [0.5, 0.6) is 0 Å². The van der Waals surface area contributed by atoms with Gasteiger partial charge in [-0.3, -0.25) is 9.59 Å². The lowest BCUT2D eigenvalue weighted by atomic mass is 9.92. The van der Waals surface area contributed by atoms with Gasteiger partial charge in [0.05, 0.1) is 19.8 Å². The van der Waals surface area contributed by atoms with Gasteiger partial charge < -0.3 is 24.3 Å².